The van der Waals surface area contributed by atoms with Crippen LogP contribution in [0.15, 0.2) is 18.5 Å². The number of hydrogen-bond donors (Lipinski definition) is 1. The first kappa shape index (κ1) is 11.6. The third-order valence-corrected chi connectivity index (χ3v) is 4.77. The number of aromatic nitrogens is 4. The van der Waals surface area contributed by atoms with Crippen molar-refractivity contribution in [1.82, 2.24) is 19.8 Å². The zero-order valence-corrected chi connectivity index (χ0v) is 10.9. The van der Waals surface area contributed by atoms with Crippen LogP contribution >= 0.6 is 0 Å². The van der Waals surface area contributed by atoms with E-state index in [9.17, 15) is 9.90 Å². The molecule has 2 atom stereocenters. The summed E-state index contributed by atoms with van der Waals surface area (Å²) in [5.74, 6) is 0.374. The van der Waals surface area contributed by atoms with Crippen LogP contribution in [0.3, 0.4) is 0 Å². The Morgan fingerprint density at radius 2 is 2.35 bits per heavy atom. The molecule has 2 aliphatic rings. The molecule has 1 aliphatic carbocycles. The Morgan fingerprint density at radius 1 is 1.45 bits per heavy atom. The zero-order valence-electron chi connectivity index (χ0n) is 10.9. The number of nitrogens with zero attached hydrogens (tertiary/aromatic N) is 5. The Balaban J connectivity index is 1.69. The Morgan fingerprint density at radius 3 is 3.15 bits per heavy atom. The molecule has 7 heteroatoms. The number of fused-ring (bicyclic) bond motifs is 2. The van der Waals surface area contributed by atoms with Crippen molar-refractivity contribution in [2.24, 2.45) is 11.3 Å². The van der Waals surface area contributed by atoms with E-state index in [4.69, 9.17) is 0 Å². The van der Waals surface area contributed by atoms with E-state index in [0.717, 1.165) is 31.6 Å². The molecular weight excluding hydrogens is 258 g/mol. The summed E-state index contributed by atoms with van der Waals surface area (Å²) in [6.07, 6.45) is 4.35. The van der Waals surface area contributed by atoms with Gasteiger partial charge in [-0.05, 0) is 30.9 Å². The van der Waals surface area contributed by atoms with Crippen molar-refractivity contribution < 1.29 is 9.90 Å². The molecule has 1 aliphatic heterocycles. The van der Waals surface area contributed by atoms with Gasteiger partial charge in [0, 0.05) is 13.1 Å². The van der Waals surface area contributed by atoms with Gasteiger partial charge in [0.2, 0.25) is 0 Å². The van der Waals surface area contributed by atoms with Crippen molar-refractivity contribution in [3.05, 3.63) is 18.5 Å². The minimum absolute atomic E-state index is 0.235. The van der Waals surface area contributed by atoms with Gasteiger partial charge in [0.25, 0.3) is 0 Å². The van der Waals surface area contributed by atoms with Crippen LogP contribution in [0.5, 0.6) is 0 Å². The lowest BCUT2D eigenvalue weighted by molar-refractivity contribution is -0.149. The number of hydrogen-bond acceptors (Lipinski definition) is 5. The van der Waals surface area contributed by atoms with Crippen LogP contribution in [0, 0.1) is 11.3 Å². The molecular formula is C13H15N5O2. The first-order chi connectivity index (χ1) is 9.69. The van der Waals surface area contributed by atoms with Crippen LogP contribution in [0.25, 0.3) is 5.65 Å². The van der Waals surface area contributed by atoms with Crippen molar-refractivity contribution >= 4 is 17.4 Å². The smallest absolute Gasteiger partial charge is 0.311 e. The summed E-state index contributed by atoms with van der Waals surface area (Å²) >= 11 is 0. The highest BCUT2D eigenvalue weighted by atomic mass is 16.4. The lowest BCUT2D eigenvalue weighted by Gasteiger charge is -2.23. The molecule has 1 N–H and O–H groups in total. The van der Waals surface area contributed by atoms with Crippen molar-refractivity contribution in [3.8, 4) is 0 Å². The Kier molecular flexibility index (Phi) is 2.27. The number of carboxylic acid groups (broad SMARTS) is 1. The monoisotopic (exact) mass is 273 g/mol. The Hall–Kier alpha value is -2.18. The van der Waals surface area contributed by atoms with Crippen molar-refractivity contribution in [1.29, 1.82) is 0 Å². The predicted molar refractivity (Wildman–Crippen MR) is 70.4 cm³/mol. The largest absolute Gasteiger partial charge is 0.481 e. The molecule has 0 aromatic carbocycles. The van der Waals surface area contributed by atoms with Gasteiger partial charge in [-0.15, -0.1) is 15.3 Å². The van der Waals surface area contributed by atoms with E-state index in [1.54, 1.807) is 10.8 Å². The van der Waals surface area contributed by atoms with Gasteiger partial charge in [-0.3, -0.25) is 4.79 Å². The highest BCUT2D eigenvalue weighted by molar-refractivity contribution is 5.77. The lowest BCUT2D eigenvalue weighted by Crippen LogP contribution is -2.35. The van der Waals surface area contributed by atoms with Crippen LogP contribution < -0.4 is 4.90 Å². The third-order valence-electron chi connectivity index (χ3n) is 4.77. The van der Waals surface area contributed by atoms with Gasteiger partial charge in [0.15, 0.2) is 5.65 Å². The van der Waals surface area contributed by atoms with E-state index < -0.39 is 11.4 Å². The van der Waals surface area contributed by atoms with Gasteiger partial charge in [-0.25, -0.2) is 0 Å². The average molecular weight is 273 g/mol. The highest BCUT2D eigenvalue weighted by Crippen LogP contribution is 2.49. The van der Waals surface area contributed by atoms with Gasteiger partial charge in [-0.1, -0.05) is 6.42 Å². The highest BCUT2D eigenvalue weighted by Gasteiger charge is 2.55. The van der Waals surface area contributed by atoms with Crippen molar-refractivity contribution in [3.63, 3.8) is 0 Å². The number of aliphatic carboxylic acids is 1. The molecule has 2 aromatic rings. The van der Waals surface area contributed by atoms with Gasteiger partial charge in [-0.2, -0.15) is 4.52 Å². The van der Waals surface area contributed by atoms with Crippen LogP contribution in [0.4, 0.5) is 5.82 Å². The molecule has 2 fully saturated rings. The fourth-order valence-electron chi connectivity index (χ4n) is 3.70. The van der Waals surface area contributed by atoms with Crippen LogP contribution in [0.1, 0.15) is 19.3 Å². The number of carbonyl (C=O) groups is 1. The topological polar surface area (TPSA) is 83.6 Å². The summed E-state index contributed by atoms with van der Waals surface area (Å²) in [4.78, 5) is 13.8. The van der Waals surface area contributed by atoms with Crippen LogP contribution in [-0.2, 0) is 4.79 Å². The first-order valence-electron chi connectivity index (χ1n) is 6.84. The van der Waals surface area contributed by atoms with E-state index in [-0.39, 0.29) is 5.92 Å². The first-order valence-corrected chi connectivity index (χ1v) is 6.84. The second kappa shape index (κ2) is 3.91. The summed E-state index contributed by atoms with van der Waals surface area (Å²) in [5, 5.41) is 21.8. The van der Waals surface area contributed by atoms with Gasteiger partial charge in [0.1, 0.15) is 12.1 Å². The summed E-state index contributed by atoms with van der Waals surface area (Å²) in [7, 11) is 0. The molecule has 20 heavy (non-hydrogen) atoms. The Labute approximate surface area is 115 Å². The molecule has 3 heterocycles. The second-order valence-electron chi connectivity index (χ2n) is 5.76. The molecule has 4 rings (SSSR count). The summed E-state index contributed by atoms with van der Waals surface area (Å²) in [5.41, 5.74) is 0.116. The van der Waals surface area contributed by atoms with E-state index >= 15 is 0 Å². The average Bonchev–Trinajstić information content (AvgIpc) is 3.11. The molecule has 7 nitrogen and oxygen atoms in total. The molecule has 0 radical (unpaired) electrons. The molecule has 1 saturated carbocycles. The van der Waals surface area contributed by atoms with Gasteiger partial charge >= 0.3 is 5.97 Å². The molecule has 0 amide bonds. The molecule has 0 unspecified atom stereocenters. The zero-order chi connectivity index (χ0) is 13.7. The Bertz CT molecular complexity index is 684. The third kappa shape index (κ3) is 1.46. The van der Waals surface area contributed by atoms with Crippen molar-refractivity contribution in [2.45, 2.75) is 19.3 Å². The van der Waals surface area contributed by atoms with E-state index in [0.29, 0.717) is 12.2 Å². The SMILES string of the molecule is O=C(O)[C@@]12CCC[C@H]1CN(c1ccc3nncn3n1)C2. The molecule has 1 saturated heterocycles. The van der Waals surface area contributed by atoms with Crippen LogP contribution in [0.2, 0.25) is 0 Å². The standard InChI is InChI=1S/C13H15N5O2/c19-12(20)13-5-1-2-9(13)6-17(7-13)11-4-3-10-15-14-8-18(10)16-11/h3-4,8-9H,1-2,5-7H2,(H,19,20)/t9-,13+/m0/s1. The quantitative estimate of drug-likeness (QED) is 0.872. The van der Waals surface area contributed by atoms with E-state index in [1.165, 1.54) is 0 Å². The lowest BCUT2D eigenvalue weighted by atomic mass is 9.81. The molecule has 0 bridgehead atoms. The second-order valence-corrected chi connectivity index (χ2v) is 5.76. The van der Waals surface area contributed by atoms with Gasteiger partial charge < -0.3 is 10.0 Å². The molecule has 104 valence electrons. The maximum atomic E-state index is 11.7. The maximum Gasteiger partial charge on any atom is 0.311 e. The minimum Gasteiger partial charge on any atom is -0.481 e. The van der Waals surface area contributed by atoms with Gasteiger partial charge in [0.05, 0.1) is 5.41 Å². The predicted octanol–water partition coefficient (Wildman–Crippen LogP) is 0.815. The summed E-state index contributed by atoms with van der Waals surface area (Å²) < 4.78 is 1.62. The molecule has 0 spiro atoms. The normalized spacial score (nSPS) is 29.0. The number of anilines is 1. The van der Waals surface area contributed by atoms with E-state index in [1.807, 2.05) is 12.1 Å². The fraction of sp³-hybridized carbons (Fsp3) is 0.538. The van der Waals surface area contributed by atoms with Crippen molar-refractivity contribution in [2.75, 3.05) is 18.0 Å². The van der Waals surface area contributed by atoms with Crippen LogP contribution in [-0.4, -0.2) is 44.0 Å². The van der Waals surface area contributed by atoms with E-state index in [2.05, 4.69) is 20.2 Å². The minimum atomic E-state index is -0.659. The number of carboxylic acids is 1. The molecule has 2 aromatic heterocycles. The summed E-state index contributed by atoms with van der Waals surface area (Å²) in [6.45, 7) is 1.32. The number of rotatable bonds is 2. The maximum absolute atomic E-state index is 11.7. The summed E-state index contributed by atoms with van der Waals surface area (Å²) in [6, 6.07) is 3.75. The fourth-order valence-corrected chi connectivity index (χ4v) is 3.70.